The van der Waals surface area contributed by atoms with Gasteiger partial charge < -0.3 is 9.67 Å². The van der Waals surface area contributed by atoms with Gasteiger partial charge in [0, 0.05) is 35.1 Å². The quantitative estimate of drug-likeness (QED) is 0.926. The van der Waals surface area contributed by atoms with Crippen LogP contribution in [-0.2, 0) is 13.0 Å². The first-order valence-electron chi connectivity index (χ1n) is 6.19. The van der Waals surface area contributed by atoms with Gasteiger partial charge in [0.25, 0.3) is 0 Å². The van der Waals surface area contributed by atoms with Crippen LogP contribution < -0.4 is 0 Å². The van der Waals surface area contributed by atoms with Crippen LogP contribution in [0.15, 0.2) is 34.9 Å². The summed E-state index contributed by atoms with van der Waals surface area (Å²) in [4.78, 5) is 4.54. The van der Waals surface area contributed by atoms with Gasteiger partial charge >= 0.3 is 0 Å². The summed E-state index contributed by atoms with van der Waals surface area (Å²) in [6.07, 6.45) is 3.90. The summed E-state index contributed by atoms with van der Waals surface area (Å²) in [5.41, 5.74) is 2.37. The molecule has 0 spiro atoms. The minimum atomic E-state index is 0.275. The molecule has 1 aromatic carbocycles. The Labute approximate surface area is 115 Å². The Morgan fingerprint density at radius 2 is 2.33 bits per heavy atom. The molecule has 0 fully saturated rings. The summed E-state index contributed by atoms with van der Waals surface area (Å²) in [6.45, 7) is 1.22. The van der Waals surface area contributed by atoms with E-state index in [1.165, 1.54) is 5.69 Å². The number of nitrogens with zero attached hydrogens (tertiary/aromatic N) is 2. The molecule has 2 aromatic rings. The highest BCUT2D eigenvalue weighted by molar-refractivity contribution is 9.10. The fourth-order valence-electron chi connectivity index (χ4n) is 2.55. The Hall–Kier alpha value is -1.13. The number of aromatic nitrogens is 2. The Balaban J connectivity index is 1.98. The lowest BCUT2D eigenvalue weighted by atomic mass is 9.97. The standard InChI is InChI=1S/C14H15BrN2O/c15-12-3-1-2-11(7-12)14-16-8-13-6-10(9-18)4-5-17(13)14/h1-3,7-8,10,18H,4-6,9H2. The summed E-state index contributed by atoms with van der Waals surface area (Å²) >= 11 is 3.49. The predicted octanol–water partition coefficient (Wildman–Crippen LogP) is 2.87. The Morgan fingerprint density at radius 1 is 1.44 bits per heavy atom. The van der Waals surface area contributed by atoms with E-state index in [1.807, 2.05) is 18.3 Å². The van der Waals surface area contributed by atoms with Crippen LogP contribution in [0.1, 0.15) is 12.1 Å². The van der Waals surface area contributed by atoms with E-state index in [0.29, 0.717) is 5.92 Å². The Morgan fingerprint density at radius 3 is 3.11 bits per heavy atom. The van der Waals surface area contributed by atoms with Crippen LogP contribution in [0.2, 0.25) is 0 Å². The summed E-state index contributed by atoms with van der Waals surface area (Å²) in [7, 11) is 0. The molecular formula is C14H15BrN2O. The molecule has 3 rings (SSSR count). The van der Waals surface area contributed by atoms with Crippen LogP contribution in [0.4, 0.5) is 0 Å². The lowest BCUT2D eigenvalue weighted by molar-refractivity contribution is 0.201. The van der Waals surface area contributed by atoms with Gasteiger partial charge in [-0.25, -0.2) is 4.98 Å². The van der Waals surface area contributed by atoms with Crippen LogP contribution in [0.3, 0.4) is 0 Å². The lowest BCUT2D eigenvalue weighted by Crippen LogP contribution is -2.21. The number of benzene rings is 1. The van der Waals surface area contributed by atoms with Crippen molar-refractivity contribution in [1.82, 2.24) is 9.55 Å². The number of hydrogen-bond acceptors (Lipinski definition) is 2. The van der Waals surface area contributed by atoms with Crippen LogP contribution >= 0.6 is 15.9 Å². The molecule has 0 bridgehead atoms. The van der Waals surface area contributed by atoms with E-state index in [9.17, 15) is 5.11 Å². The van der Waals surface area contributed by atoms with Gasteiger partial charge in [-0.05, 0) is 30.9 Å². The van der Waals surface area contributed by atoms with Crippen LogP contribution in [0.5, 0.6) is 0 Å². The minimum absolute atomic E-state index is 0.275. The molecule has 1 atom stereocenters. The molecule has 2 heterocycles. The fraction of sp³-hybridized carbons (Fsp3) is 0.357. The zero-order valence-electron chi connectivity index (χ0n) is 10.0. The number of aliphatic hydroxyl groups is 1. The summed E-state index contributed by atoms with van der Waals surface area (Å²) in [5, 5.41) is 9.24. The van der Waals surface area contributed by atoms with Gasteiger partial charge in [0.2, 0.25) is 0 Å². The predicted molar refractivity (Wildman–Crippen MR) is 74.3 cm³/mol. The number of hydrogen-bond donors (Lipinski definition) is 1. The lowest BCUT2D eigenvalue weighted by Gasteiger charge is -2.23. The van der Waals surface area contributed by atoms with Gasteiger partial charge in [-0.3, -0.25) is 0 Å². The van der Waals surface area contributed by atoms with Crippen molar-refractivity contribution in [2.24, 2.45) is 5.92 Å². The monoisotopic (exact) mass is 306 g/mol. The van der Waals surface area contributed by atoms with E-state index in [1.54, 1.807) is 0 Å². The third-order valence-corrected chi connectivity index (χ3v) is 4.03. The molecule has 0 saturated heterocycles. The third kappa shape index (κ3) is 2.10. The molecule has 1 aromatic heterocycles. The van der Waals surface area contributed by atoms with E-state index < -0.39 is 0 Å². The molecule has 94 valence electrons. The molecule has 1 aliphatic rings. The van der Waals surface area contributed by atoms with Crippen LogP contribution in [-0.4, -0.2) is 21.3 Å². The van der Waals surface area contributed by atoms with E-state index in [-0.39, 0.29) is 6.61 Å². The maximum absolute atomic E-state index is 9.24. The summed E-state index contributed by atoms with van der Waals surface area (Å²) in [6, 6.07) is 8.22. The zero-order chi connectivity index (χ0) is 12.5. The zero-order valence-corrected chi connectivity index (χ0v) is 11.6. The van der Waals surface area contributed by atoms with Gasteiger partial charge in [-0.2, -0.15) is 0 Å². The molecule has 1 N–H and O–H groups in total. The Bertz CT molecular complexity index is 565. The molecule has 1 aliphatic heterocycles. The number of imidazole rings is 1. The van der Waals surface area contributed by atoms with Crippen LogP contribution in [0, 0.1) is 5.92 Å². The molecule has 4 heteroatoms. The number of fused-ring (bicyclic) bond motifs is 1. The van der Waals surface area contributed by atoms with Crippen molar-refractivity contribution < 1.29 is 5.11 Å². The number of aliphatic hydroxyl groups excluding tert-OH is 1. The highest BCUT2D eigenvalue weighted by atomic mass is 79.9. The molecular weight excluding hydrogens is 292 g/mol. The number of rotatable bonds is 2. The highest BCUT2D eigenvalue weighted by Gasteiger charge is 2.21. The average Bonchev–Trinajstić information content (AvgIpc) is 2.81. The van der Waals surface area contributed by atoms with Gasteiger partial charge in [-0.1, -0.05) is 28.1 Å². The van der Waals surface area contributed by atoms with Gasteiger partial charge in [-0.15, -0.1) is 0 Å². The second-order valence-electron chi connectivity index (χ2n) is 4.78. The second kappa shape index (κ2) is 4.86. The first-order chi connectivity index (χ1) is 8.78. The highest BCUT2D eigenvalue weighted by Crippen LogP contribution is 2.28. The van der Waals surface area contributed by atoms with Crippen molar-refractivity contribution in [3.05, 3.63) is 40.6 Å². The van der Waals surface area contributed by atoms with Crippen molar-refractivity contribution >= 4 is 15.9 Å². The Kier molecular flexibility index (Phi) is 3.22. The molecule has 1 unspecified atom stereocenters. The fourth-order valence-corrected chi connectivity index (χ4v) is 2.95. The van der Waals surface area contributed by atoms with Crippen molar-refractivity contribution in [2.75, 3.05) is 6.61 Å². The number of halogens is 1. The first kappa shape index (κ1) is 11.9. The van der Waals surface area contributed by atoms with E-state index in [2.05, 4.69) is 37.6 Å². The largest absolute Gasteiger partial charge is 0.396 e. The topological polar surface area (TPSA) is 38.0 Å². The minimum Gasteiger partial charge on any atom is -0.396 e. The van der Waals surface area contributed by atoms with Crippen molar-refractivity contribution in [3.8, 4) is 11.4 Å². The van der Waals surface area contributed by atoms with E-state index >= 15 is 0 Å². The maximum atomic E-state index is 9.24. The molecule has 0 aliphatic carbocycles. The first-order valence-corrected chi connectivity index (χ1v) is 6.98. The van der Waals surface area contributed by atoms with Crippen LogP contribution in [0.25, 0.3) is 11.4 Å². The van der Waals surface area contributed by atoms with Crippen molar-refractivity contribution in [3.63, 3.8) is 0 Å². The van der Waals surface area contributed by atoms with E-state index in [4.69, 9.17) is 0 Å². The maximum Gasteiger partial charge on any atom is 0.140 e. The normalized spacial score (nSPS) is 18.7. The summed E-state index contributed by atoms with van der Waals surface area (Å²) in [5.74, 6) is 1.42. The van der Waals surface area contributed by atoms with E-state index in [0.717, 1.165) is 35.2 Å². The van der Waals surface area contributed by atoms with Crippen molar-refractivity contribution in [2.45, 2.75) is 19.4 Å². The summed E-state index contributed by atoms with van der Waals surface area (Å²) < 4.78 is 3.34. The van der Waals surface area contributed by atoms with Gasteiger partial charge in [0.15, 0.2) is 0 Å². The molecule has 0 amide bonds. The van der Waals surface area contributed by atoms with Gasteiger partial charge in [0.1, 0.15) is 5.82 Å². The van der Waals surface area contributed by atoms with Gasteiger partial charge in [0.05, 0.1) is 0 Å². The second-order valence-corrected chi connectivity index (χ2v) is 5.69. The average molecular weight is 307 g/mol. The molecule has 18 heavy (non-hydrogen) atoms. The van der Waals surface area contributed by atoms with Crippen molar-refractivity contribution in [1.29, 1.82) is 0 Å². The smallest absolute Gasteiger partial charge is 0.140 e. The molecule has 3 nitrogen and oxygen atoms in total. The third-order valence-electron chi connectivity index (χ3n) is 3.54. The molecule has 0 saturated carbocycles. The molecule has 0 radical (unpaired) electrons. The SMILES string of the molecule is OCC1CCn2c(cnc2-c2cccc(Br)c2)C1.